The molecule has 0 aromatic carbocycles. The van der Waals surface area contributed by atoms with E-state index >= 15 is 0 Å². The number of hydrogen-bond acceptors (Lipinski definition) is 4. The van der Waals surface area contributed by atoms with Gasteiger partial charge in [-0.25, -0.2) is 4.79 Å². The third kappa shape index (κ3) is 9.16. The summed E-state index contributed by atoms with van der Waals surface area (Å²) in [6, 6.07) is 0.246. The Balaban J connectivity index is 2.25. The molecule has 5 heteroatoms. The molecule has 1 fully saturated rings. The summed E-state index contributed by atoms with van der Waals surface area (Å²) < 4.78 is 11.1. The van der Waals surface area contributed by atoms with Crippen LogP contribution in [0.3, 0.4) is 0 Å². The maximum absolute atomic E-state index is 12.3. The number of ether oxygens (including phenoxy) is 2. The van der Waals surface area contributed by atoms with Crippen LogP contribution in [-0.2, 0) is 9.47 Å². The Labute approximate surface area is 142 Å². The van der Waals surface area contributed by atoms with Crippen LogP contribution in [0.1, 0.15) is 60.3 Å². The minimum absolute atomic E-state index is 0.177. The quantitative estimate of drug-likeness (QED) is 0.694. The highest BCUT2D eigenvalue weighted by atomic mass is 16.6. The average molecular weight is 328 g/mol. The summed E-state index contributed by atoms with van der Waals surface area (Å²) in [6.45, 7) is 14.3. The summed E-state index contributed by atoms with van der Waals surface area (Å²) >= 11 is 0. The Bertz CT molecular complexity index is 340. The largest absolute Gasteiger partial charge is 0.444 e. The standard InChI is InChI=1S/C18H36N2O3/c1-15(2)14-22-12-8-10-19-13-16-9-6-7-11-20(16)17(21)23-18(3,4)5/h15-16,19H,6-14H2,1-5H3. The molecule has 0 aromatic rings. The van der Waals surface area contributed by atoms with Crippen molar-refractivity contribution in [2.24, 2.45) is 5.92 Å². The van der Waals surface area contributed by atoms with Gasteiger partial charge in [0, 0.05) is 32.3 Å². The molecule has 0 bridgehead atoms. The minimum atomic E-state index is -0.430. The topological polar surface area (TPSA) is 50.8 Å². The fraction of sp³-hybridized carbons (Fsp3) is 0.944. The summed E-state index contributed by atoms with van der Waals surface area (Å²) in [5, 5.41) is 3.46. The molecule has 1 N–H and O–H groups in total. The van der Waals surface area contributed by atoms with Gasteiger partial charge in [-0.15, -0.1) is 0 Å². The first-order valence-electron chi connectivity index (χ1n) is 9.07. The Kier molecular flexibility index (Phi) is 8.92. The second-order valence-electron chi connectivity index (χ2n) is 7.85. The number of hydrogen-bond donors (Lipinski definition) is 1. The van der Waals surface area contributed by atoms with Crippen LogP contribution in [0.5, 0.6) is 0 Å². The summed E-state index contributed by atoms with van der Waals surface area (Å²) in [5.41, 5.74) is -0.430. The molecule has 0 aromatic heterocycles. The predicted octanol–water partition coefficient (Wildman–Crippen LogP) is 3.43. The van der Waals surface area contributed by atoms with Gasteiger partial charge in [0.2, 0.25) is 0 Å². The third-order valence-electron chi connectivity index (χ3n) is 3.73. The molecule has 1 aliphatic heterocycles. The first-order valence-corrected chi connectivity index (χ1v) is 9.07. The number of carbonyl (C=O) groups is 1. The molecule has 1 amide bonds. The van der Waals surface area contributed by atoms with E-state index in [0.29, 0.717) is 5.92 Å². The molecule has 1 atom stereocenters. The molecule has 0 saturated carbocycles. The molecule has 0 aliphatic carbocycles. The Morgan fingerprint density at radius 1 is 1.30 bits per heavy atom. The zero-order valence-corrected chi connectivity index (χ0v) is 15.7. The highest BCUT2D eigenvalue weighted by molar-refractivity contribution is 5.68. The van der Waals surface area contributed by atoms with Gasteiger partial charge in [-0.05, 0) is 58.9 Å². The van der Waals surface area contributed by atoms with Crippen molar-refractivity contribution in [3.05, 3.63) is 0 Å². The fourth-order valence-corrected chi connectivity index (χ4v) is 2.66. The minimum Gasteiger partial charge on any atom is -0.444 e. The van der Waals surface area contributed by atoms with Gasteiger partial charge >= 0.3 is 6.09 Å². The van der Waals surface area contributed by atoms with Crippen molar-refractivity contribution in [2.45, 2.75) is 71.9 Å². The normalized spacial score (nSPS) is 19.2. The fourth-order valence-electron chi connectivity index (χ4n) is 2.66. The van der Waals surface area contributed by atoms with Crippen LogP contribution in [0.15, 0.2) is 0 Å². The average Bonchev–Trinajstić information content (AvgIpc) is 2.44. The molecular weight excluding hydrogens is 292 g/mol. The van der Waals surface area contributed by atoms with Crippen LogP contribution in [-0.4, -0.2) is 55.5 Å². The lowest BCUT2D eigenvalue weighted by atomic mass is 10.0. The van der Waals surface area contributed by atoms with Crippen molar-refractivity contribution in [1.82, 2.24) is 10.2 Å². The second-order valence-corrected chi connectivity index (χ2v) is 7.85. The molecule has 0 radical (unpaired) electrons. The molecule has 1 heterocycles. The van der Waals surface area contributed by atoms with E-state index in [-0.39, 0.29) is 12.1 Å². The molecule has 1 aliphatic rings. The van der Waals surface area contributed by atoms with E-state index < -0.39 is 5.60 Å². The van der Waals surface area contributed by atoms with E-state index in [0.717, 1.165) is 52.1 Å². The molecule has 1 rings (SSSR count). The van der Waals surface area contributed by atoms with Crippen molar-refractivity contribution in [1.29, 1.82) is 0 Å². The molecule has 5 nitrogen and oxygen atoms in total. The van der Waals surface area contributed by atoms with Crippen molar-refractivity contribution >= 4 is 6.09 Å². The molecule has 136 valence electrons. The highest BCUT2D eigenvalue weighted by Crippen LogP contribution is 2.20. The van der Waals surface area contributed by atoms with Crippen LogP contribution in [0.2, 0.25) is 0 Å². The summed E-state index contributed by atoms with van der Waals surface area (Å²) in [6.07, 6.45) is 4.13. The van der Waals surface area contributed by atoms with Gasteiger partial charge in [0.1, 0.15) is 5.60 Å². The molecule has 1 saturated heterocycles. The van der Waals surface area contributed by atoms with Gasteiger partial charge in [0.05, 0.1) is 0 Å². The maximum atomic E-state index is 12.3. The van der Waals surface area contributed by atoms with Crippen LogP contribution in [0.25, 0.3) is 0 Å². The Morgan fingerprint density at radius 2 is 2.04 bits per heavy atom. The lowest BCUT2D eigenvalue weighted by Crippen LogP contribution is -2.50. The van der Waals surface area contributed by atoms with Gasteiger partial charge in [0.25, 0.3) is 0 Å². The number of amides is 1. The molecule has 23 heavy (non-hydrogen) atoms. The van der Waals surface area contributed by atoms with Crippen molar-refractivity contribution < 1.29 is 14.3 Å². The van der Waals surface area contributed by atoms with E-state index in [1.54, 1.807) is 0 Å². The van der Waals surface area contributed by atoms with E-state index in [1.807, 2.05) is 25.7 Å². The number of rotatable bonds is 8. The van der Waals surface area contributed by atoms with E-state index in [4.69, 9.17) is 9.47 Å². The zero-order chi connectivity index (χ0) is 17.3. The van der Waals surface area contributed by atoms with E-state index in [2.05, 4.69) is 19.2 Å². The number of nitrogens with zero attached hydrogens (tertiary/aromatic N) is 1. The second kappa shape index (κ2) is 10.1. The number of nitrogens with one attached hydrogen (secondary N) is 1. The van der Waals surface area contributed by atoms with Crippen LogP contribution < -0.4 is 5.32 Å². The van der Waals surface area contributed by atoms with Gasteiger partial charge in [-0.3, -0.25) is 0 Å². The smallest absolute Gasteiger partial charge is 0.410 e. The lowest BCUT2D eigenvalue weighted by Gasteiger charge is -2.37. The van der Waals surface area contributed by atoms with E-state index in [1.165, 1.54) is 6.42 Å². The number of likely N-dealkylation sites (tertiary alicyclic amines) is 1. The van der Waals surface area contributed by atoms with Gasteiger partial charge < -0.3 is 19.7 Å². The lowest BCUT2D eigenvalue weighted by molar-refractivity contribution is 0.00989. The van der Waals surface area contributed by atoms with Crippen LogP contribution >= 0.6 is 0 Å². The van der Waals surface area contributed by atoms with E-state index in [9.17, 15) is 4.79 Å². The molecule has 1 unspecified atom stereocenters. The van der Waals surface area contributed by atoms with Gasteiger partial charge in [-0.1, -0.05) is 13.8 Å². The number of carbonyl (C=O) groups excluding carboxylic acids is 1. The SMILES string of the molecule is CC(C)COCCCNCC1CCCCN1C(=O)OC(C)(C)C. The van der Waals surface area contributed by atoms with Crippen LogP contribution in [0.4, 0.5) is 4.79 Å². The monoisotopic (exact) mass is 328 g/mol. The maximum Gasteiger partial charge on any atom is 0.410 e. The van der Waals surface area contributed by atoms with Crippen LogP contribution in [0, 0.1) is 5.92 Å². The zero-order valence-electron chi connectivity index (χ0n) is 15.7. The number of piperidine rings is 1. The van der Waals surface area contributed by atoms with Crippen molar-refractivity contribution in [3.63, 3.8) is 0 Å². The van der Waals surface area contributed by atoms with Gasteiger partial charge in [0.15, 0.2) is 0 Å². The summed E-state index contributed by atoms with van der Waals surface area (Å²) in [7, 11) is 0. The summed E-state index contributed by atoms with van der Waals surface area (Å²) in [4.78, 5) is 14.2. The van der Waals surface area contributed by atoms with Crippen molar-refractivity contribution in [3.8, 4) is 0 Å². The highest BCUT2D eigenvalue weighted by Gasteiger charge is 2.29. The predicted molar refractivity (Wildman–Crippen MR) is 93.7 cm³/mol. The molecule has 0 spiro atoms. The first-order chi connectivity index (χ1) is 10.8. The Morgan fingerprint density at radius 3 is 2.70 bits per heavy atom. The Hall–Kier alpha value is -0.810. The summed E-state index contributed by atoms with van der Waals surface area (Å²) in [5.74, 6) is 0.590. The molecular formula is C18H36N2O3. The van der Waals surface area contributed by atoms with Crippen molar-refractivity contribution in [2.75, 3.05) is 32.8 Å². The third-order valence-corrected chi connectivity index (χ3v) is 3.73. The first kappa shape index (κ1) is 20.2. The van der Waals surface area contributed by atoms with Gasteiger partial charge in [-0.2, -0.15) is 0 Å².